The average Bonchev–Trinajstić information content (AvgIpc) is 3.11. The van der Waals surface area contributed by atoms with Crippen molar-refractivity contribution in [3.63, 3.8) is 0 Å². The highest BCUT2D eigenvalue weighted by Crippen LogP contribution is 2.43. The Hall–Kier alpha value is -3.37. The minimum atomic E-state index is -5.12. The lowest BCUT2D eigenvalue weighted by molar-refractivity contribution is 0.463. The van der Waals surface area contributed by atoms with E-state index >= 15 is 0 Å². The van der Waals surface area contributed by atoms with Gasteiger partial charge >= 0.3 is 0 Å². The zero-order valence-electron chi connectivity index (χ0n) is 30.3. The number of sulfonamides is 1. The summed E-state index contributed by atoms with van der Waals surface area (Å²) in [5.41, 5.74) is 8.13. The van der Waals surface area contributed by atoms with Gasteiger partial charge in [-0.1, -0.05) is 6.07 Å². The molecular weight excluding hydrogens is 689 g/mol. The number of nitrogens with one attached hydrogen (secondary N) is 3. The van der Waals surface area contributed by atoms with Gasteiger partial charge in [0.2, 0.25) is 15.4 Å². The highest BCUT2D eigenvalue weighted by Gasteiger charge is 2.25. The smallest absolute Gasteiger partial charge is 0.240 e. The van der Waals surface area contributed by atoms with E-state index in [2.05, 4.69) is 52.5 Å². The molecule has 51 heavy (non-hydrogen) atoms. The van der Waals surface area contributed by atoms with Crippen molar-refractivity contribution in [2.24, 2.45) is 5.73 Å². The SMILES string of the molecule is CCN(CC)c1ccc2c(-c3ccc(S(=O)(=O)NCCCNCCCCNCCCN)cc3S(=O)(=O)[O-])c3ccc(=[N+](CC)CC)cc-3oc2c1. The second-order valence-corrected chi connectivity index (χ2v) is 15.5. The number of hydrogen-bond acceptors (Lipinski definition) is 10. The zero-order chi connectivity index (χ0) is 37.0. The molecule has 0 spiro atoms. The molecule has 0 fully saturated rings. The molecule has 0 bridgehead atoms. The fourth-order valence-electron chi connectivity index (χ4n) is 6.29. The average molecular weight is 743 g/mol. The topological polar surface area (TPSA) is 173 Å². The van der Waals surface area contributed by atoms with Crippen LogP contribution in [0.25, 0.3) is 33.4 Å². The van der Waals surface area contributed by atoms with E-state index < -0.39 is 25.0 Å². The maximum absolute atomic E-state index is 13.3. The van der Waals surface area contributed by atoms with Crippen LogP contribution in [0.5, 0.6) is 0 Å². The minimum absolute atomic E-state index is 0.111. The largest absolute Gasteiger partial charge is 0.744 e. The van der Waals surface area contributed by atoms with Crippen LogP contribution >= 0.6 is 0 Å². The molecule has 14 heteroatoms. The predicted octanol–water partition coefficient (Wildman–Crippen LogP) is 3.74. The lowest BCUT2D eigenvalue weighted by atomic mass is 9.93. The lowest BCUT2D eigenvalue weighted by Gasteiger charge is -2.23. The molecule has 2 aliphatic rings. The lowest BCUT2D eigenvalue weighted by Crippen LogP contribution is -2.29. The van der Waals surface area contributed by atoms with E-state index in [9.17, 15) is 21.4 Å². The third kappa shape index (κ3) is 10.4. The summed E-state index contributed by atoms with van der Waals surface area (Å²) in [5, 5.41) is 8.19. The summed E-state index contributed by atoms with van der Waals surface area (Å²) in [6.07, 6.45) is 3.52. The van der Waals surface area contributed by atoms with Crippen LogP contribution in [0.15, 0.2) is 68.8 Å². The van der Waals surface area contributed by atoms with Gasteiger partial charge in [-0.2, -0.15) is 0 Å². The molecular formula is C37H54N6O6S2. The number of fused-ring (bicyclic) bond motifs is 2. The third-order valence-corrected chi connectivity index (χ3v) is 11.4. The first kappa shape index (κ1) is 40.4. The second-order valence-electron chi connectivity index (χ2n) is 12.4. The van der Waals surface area contributed by atoms with Gasteiger partial charge in [-0.05, 0) is 116 Å². The maximum atomic E-state index is 13.3. The summed E-state index contributed by atoms with van der Waals surface area (Å²) in [5.74, 6) is 0.513. The first-order valence-corrected chi connectivity index (χ1v) is 20.9. The Morgan fingerprint density at radius 3 is 2.04 bits per heavy atom. The molecule has 0 saturated carbocycles. The van der Waals surface area contributed by atoms with E-state index in [0.29, 0.717) is 47.4 Å². The van der Waals surface area contributed by atoms with Crippen molar-refractivity contribution in [2.75, 3.05) is 70.3 Å². The summed E-state index contributed by atoms with van der Waals surface area (Å²) >= 11 is 0. The molecule has 0 amide bonds. The maximum Gasteiger partial charge on any atom is 0.240 e. The summed E-state index contributed by atoms with van der Waals surface area (Å²) in [4.78, 5) is 1.27. The molecule has 1 aliphatic heterocycles. The van der Waals surface area contributed by atoms with Gasteiger partial charge in [-0.3, -0.25) is 0 Å². The Morgan fingerprint density at radius 2 is 1.41 bits per heavy atom. The molecule has 280 valence electrons. The third-order valence-electron chi connectivity index (χ3n) is 9.09. The second kappa shape index (κ2) is 18.9. The zero-order valence-corrected chi connectivity index (χ0v) is 32.0. The van der Waals surface area contributed by atoms with Crippen molar-refractivity contribution in [3.8, 4) is 22.5 Å². The molecule has 2 aromatic rings. The number of benzene rings is 3. The van der Waals surface area contributed by atoms with E-state index in [1.165, 1.54) is 12.1 Å². The number of nitrogens with zero attached hydrogens (tertiary/aromatic N) is 2. The number of anilines is 1. The van der Waals surface area contributed by atoms with Gasteiger partial charge in [-0.25, -0.2) is 26.1 Å². The van der Waals surface area contributed by atoms with Crippen molar-refractivity contribution in [1.82, 2.24) is 19.9 Å². The van der Waals surface area contributed by atoms with Crippen LogP contribution in [0.4, 0.5) is 5.69 Å². The fourth-order valence-corrected chi connectivity index (χ4v) is 8.18. The first-order chi connectivity index (χ1) is 24.5. The van der Waals surface area contributed by atoms with E-state index in [1.54, 1.807) is 0 Å². The monoisotopic (exact) mass is 742 g/mol. The fraction of sp³-hybridized carbons (Fsp3) is 0.486. The van der Waals surface area contributed by atoms with Crippen molar-refractivity contribution < 1.29 is 25.8 Å². The van der Waals surface area contributed by atoms with Crippen LogP contribution < -0.4 is 35.9 Å². The van der Waals surface area contributed by atoms with Gasteiger partial charge in [0.05, 0.1) is 15.9 Å². The normalized spacial score (nSPS) is 12.2. The Bertz CT molecular complexity index is 2000. The molecule has 0 aromatic heterocycles. The number of rotatable bonds is 21. The van der Waals surface area contributed by atoms with Crippen molar-refractivity contribution >= 4 is 36.8 Å². The standard InChI is InChI=1S/C37H54N6O6S2/c1-5-42(6-2)28-13-16-31-34(25-28)49-35-26-29(43(7-3)8-4)14-17-32(35)37(31)33-18-15-30(27-36(33)51(46,47)48)50(44,45)41-24-12-23-40-21-10-9-20-39-22-11-19-38/h13-18,25-27,39-41H,5-12,19-24,38H2,1-4H3. The van der Waals surface area contributed by atoms with Crippen LogP contribution in [0.2, 0.25) is 0 Å². The molecule has 0 unspecified atom stereocenters. The Morgan fingerprint density at radius 1 is 0.765 bits per heavy atom. The van der Waals surface area contributed by atoms with E-state index in [-0.39, 0.29) is 17.0 Å². The highest BCUT2D eigenvalue weighted by molar-refractivity contribution is 7.89. The Balaban J connectivity index is 1.67. The Labute approximate surface area is 303 Å². The summed E-state index contributed by atoms with van der Waals surface area (Å²) in [6, 6.07) is 15.2. The first-order valence-electron chi connectivity index (χ1n) is 18.0. The number of nitrogens with two attached hydrogens (primary N) is 1. The van der Waals surface area contributed by atoms with E-state index in [0.717, 1.165) is 82.2 Å². The molecule has 4 rings (SSSR count). The van der Waals surface area contributed by atoms with Gasteiger partial charge in [0.25, 0.3) is 0 Å². The van der Waals surface area contributed by atoms with Gasteiger partial charge in [0.15, 0.2) is 0 Å². The van der Waals surface area contributed by atoms with Crippen LogP contribution in [0.1, 0.15) is 53.4 Å². The predicted molar refractivity (Wildman–Crippen MR) is 205 cm³/mol. The quantitative estimate of drug-likeness (QED) is 0.0427. The van der Waals surface area contributed by atoms with Crippen LogP contribution in [0.3, 0.4) is 0 Å². The van der Waals surface area contributed by atoms with Gasteiger partial charge < -0.3 is 30.2 Å². The highest BCUT2D eigenvalue weighted by atomic mass is 32.2. The molecule has 2 aromatic carbocycles. The Kier molecular flexibility index (Phi) is 15.0. The number of unbranched alkanes of at least 4 members (excludes halogenated alkanes) is 1. The molecule has 0 radical (unpaired) electrons. The van der Waals surface area contributed by atoms with Crippen molar-refractivity contribution in [2.45, 2.75) is 63.2 Å². The van der Waals surface area contributed by atoms with Gasteiger partial charge in [0.1, 0.15) is 34.6 Å². The molecule has 1 heterocycles. The molecule has 1 aliphatic carbocycles. The van der Waals surface area contributed by atoms with Gasteiger partial charge in [-0.15, -0.1) is 0 Å². The van der Waals surface area contributed by atoms with Crippen molar-refractivity contribution in [3.05, 3.63) is 60.0 Å². The molecule has 5 N–H and O–H groups in total. The summed E-state index contributed by atoms with van der Waals surface area (Å²) in [6.45, 7) is 15.5. The number of hydrogen-bond donors (Lipinski definition) is 4. The molecule has 0 saturated heterocycles. The summed E-state index contributed by atoms with van der Waals surface area (Å²) in [7, 11) is -9.23. The summed E-state index contributed by atoms with van der Waals surface area (Å²) < 4.78 is 76.4. The van der Waals surface area contributed by atoms with Crippen LogP contribution in [-0.4, -0.2) is 86.8 Å². The van der Waals surface area contributed by atoms with Crippen LogP contribution in [0, 0.1) is 0 Å². The minimum Gasteiger partial charge on any atom is -0.744 e. The van der Waals surface area contributed by atoms with Gasteiger partial charge in [0, 0.05) is 59.5 Å². The van der Waals surface area contributed by atoms with E-state index in [4.69, 9.17) is 10.2 Å². The molecule has 0 atom stereocenters. The van der Waals surface area contributed by atoms with Crippen molar-refractivity contribution in [1.29, 1.82) is 0 Å². The molecule has 12 nitrogen and oxygen atoms in total. The van der Waals surface area contributed by atoms with E-state index in [1.807, 2.05) is 36.4 Å². The van der Waals surface area contributed by atoms with Crippen LogP contribution in [-0.2, 0) is 20.1 Å².